The number of aromatic nitrogens is 3. The van der Waals surface area contributed by atoms with Crippen LogP contribution in [0, 0.1) is 11.7 Å². The molecule has 0 saturated heterocycles. The van der Waals surface area contributed by atoms with Gasteiger partial charge in [-0.15, -0.1) is 0 Å². The van der Waals surface area contributed by atoms with Crippen LogP contribution in [0.5, 0.6) is 5.75 Å². The van der Waals surface area contributed by atoms with Crippen molar-refractivity contribution in [2.45, 2.75) is 19.4 Å². The number of nitrogens with one attached hydrogen (secondary N) is 1. The van der Waals surface area contributed by atoms with Gasteiger partial charge in [-0.25, -0.2) is 9.37 Å². The first-order chi connectivity index (χ1) is 13.0. The highest BCUT2D eigenvalue weighted by Crippen LogP contribution is 2.33. The highest BCUT2D eigenvalue weighted by atomic mass is 19.1. The average Bonchev–Trinajstić information content (AvgIpc) is 3.39. The van der Waals surface area contributed by atoms with Crippen molar-refractivity contribution in [2.24, 2.45) is 5.92 Å². The quantitative estimate of drug-likeness (QED) is 0.746. The van der Waals surface area contributed by atoms with Crippen molar-refractivity contribution < 1.29 is 13.9 Å². The predicted molar refractivity (Wildman–Crippen MR) is 97.5 cm³/mol. The Morgan fingerprint density at radius 2 is 2.15 bits per heavy atom. The van der Waals surface area contributed by atoms with E-state index in [9.17, 15) is 14.0 Å². The second-order valence-electron chi connectivity index (χ2n) is 6.66. The van der Waals surface area contributed by atoms with Gasteiger partial charge >= 0.3 is 0 Å². The molecule has 0 atom stereocenters. The number of carbonyl (C=O) groups is 1. The fraction of sp³-hybridized carbons (Fsp3) is 0.316. The number of hydrogen-bond donors (Lipinski definition) is 1. The van der Waals surface area contributed by atoms with Gasteiger partial charge in [0.2, 0.25) is 5.65 Å². The van der Waals surface area contributed by atoms with E-state index in [1.807, 2.05) is 0 Å². The lowest BCUT2D eigenvalue weighted by molar-refractivity contribution is 0.0958. The van der Waals surface area contributed by atoms with Gasteiger partial charge in [0, 0.05) is 37.6 Å². The number of benzene rings is 1. The van der Waals surface area contributed by atoms with Crippen LogP contribution in [0.2, 0.25) is 0 Å². The van der Waals surface area contributed by atoms with E-state index in [1.165, 1.54) is 30.8 Å². The Hall–Kier alpha value is -3.16. The Morgan fingerprint density at radius 1 is 1.37 bits per heavy atom. The van der Waals surface area contributed by atoms with Gasteiger partial charge in [-0.05, 0) is 30.9 Å². The molecule has 0 aliphatic heterocycles. The molecule has 0 unspecified atom stereocenters. The molecule has 3 aromatic rings. The molecule has 4 rings (SSSR count). The Balaban J connectivity index is 1.94. The fourth-order valence-corrected chi connectivity index (χ4v) is 3.10. The molecular formula is C19H19FN4O3. The van der Waals surface area contributed by atoms with Gasteiger partial charge in [0.1, 0.15) is 17.3 Å². The van der Waals surface area contributed by atoms with Crippen molar-refractivity contribution in [2.75, 3.05) is 14.2 Å². The van der Waals surface area contributed by atoms with Crippen molar-refractivity contribution in [1.82, 2.24) is 19.3 Å². The summed E-state index contributed by atoms with van der Waals surface area (Å²) in [6, 6.07) is 4.53. The zero-order chi connectivity index (χ0) is 19.1. The largest absolute Gasteiger partial charge is 0.497 e. The first kappa shape index (κ1) is 17.3. The summed E-state index contributed by atoms with van der Waals surface area (Å²) in [5, 5.41) is 2.49. The SMILES string of the molecule is CNC(=O)c1cn2cc(-c3ccc(OC)cc3F)n(CC3CC3)c(=O)c2n1. The van der Waals surface area contributed by atoms with E-state index < -0.39 is 5.82 Å². The van der Waals surface area contributed by atoms with E-state index in [1.54, 1.807) is 22.9 Å². The van der Waals surface area contributed by atoms with Gasteiger partial charge in [-0.3, -0.25) is 14.0 Å². The Labute approximate surface area is 154 Å². The number of nitrogens with zero attached hydrogens (tertiary/aromatic N) is 3. The number of imidazole rings is 1. The zero-order valence-corrected chi connectivity index (χ0v) is 15.0. The molecule has 2 heterocycles. The van der Waals surface area contributed by atoms with Gasteiger partial charge in [0.25, 0.3) is 11.5 Å². The molecule has 7 nitrogen and oxygen atoms in total. The number of carbonyl (C=O) groups excluding carboxylic acids is 1. The van der Waals surface area contributed by atoms with Crippen molar-refractivity contribution in [1.29, 1.82) is 0 Å². The minimum absolute atomic E-state index is 0.139. The molecule has 1 aliphatic carbocycles. The molecule has 1 saturated carbocycles. The number of methoxy groups -OCH3 is 1. The summed E-state index contributed by atoms with van der Waals surface area (Å²) in [6.07, 6.45) is 5.20. The summed E-state index contributed by atoms with van der Waals surface area (Å²) >= 11 is 0. The van der Waals surface area contributed by atoms with Crippen LogP contribution in [-0.2, 0) is 6.54 Å². The second kappa shape index (κ2) is 6.53. The molecular weight excluding hydrogens is 351 g/mol. The maximum absolute atomic E-state index is 14.7. The minimum Gasteiger partial charge on any atom is -0.497 e. The van der Waals surface area contributed by atoms with Crippen LogP contribution in [-0.4, -0.2) is 34.0 Å². The van der Waals surface area contributed by atoms with Crippen molar-refractivity contribution >= 4 is 11.6 Å². The van der Waals surface area contributed by atoms with Crippen LogP contribution < -0.4 is 15.6 Å². The fourth-order valence-electron chi connectivity index (χ4n) is 3.10. The average molecular weight is 370 g/mol. The highest BCUT2D eigenvalue weighted by molar-refractivity contribution is 5.92. The molecule has 140 valence electrons. The Kier molecular flexibility index (Phi) is 4.18. The van der Waals surface area contributed by atoms with Crippen molar-refractivity contribution in [3.63, 3.8) is 0 Å². The van der Waals surface area contributed by atoms with E-state index in [4.69, 9.17) is 4.74 Å². The Bertz CT molecular complexity index is 1100. The van der Waals surface area contributed by atoms with Gasteiger partial charge in [-0.1, -0.05) is 0 Å². The van der Waals surface area contributed by atoms with E-state index in [-0.39, 0.29) is 22.8 Å². The maximum atomic E-state index is 14.7. The van der Waals surface area contributed by atoms with Gasteiger partial charge in [0.05, 0.1) is 12.8 Å². The van der Waals surface area contributed by atoms with E-state index in [0.29, 0.717) is 29.5 Å². The van der Waals surface area contributed by atoms with Crippen LogP contribution in [0.25, 0.3) is 16.9 Å². The van der Waals surface area contributed by atoms with E-state index >= 15 is 0 Å². The highest BCUT2D eigenvalue weighted by Gasteiger charge is 2.26. The first-order valence-electron chi connectivity index (χ1n) is 8.70. The van der Waals surface area contributed by atoms with Gasteiger partial charge < -0.3 is 14.6 Å². The summed E-state index contributed by atoms with van der Waals surface area (Å²) in [6.45, 7) is 0.498. The number of hydrogen-bond acceptors (Lipinski definition) is 4. The molecule has 0 radical (unpaired) electrons. The number of ether oxygens (including phenoxy) is 1. The molecule has 2 aromatic heterocycles. The smallest absolute Gasteiger partial charge is 0.294 e. The Morgan fingerprint density at radius 3 is 2.78 bits per heavy atom. The number of fused-ring (bicyclic) bond motifs is 1. The van der Waals surface area contributed by atoms with Crippen LogP contribution in [0.1, 0.15) is 23.3 Å². The van der Waals surface area contributed by atoms with Crippen LogP contribution in [0.15, 0.2) is 35.4 Å². The number of rotatable bonds is 5. The van der Waals surface area contributed by atoms with Gasteiger partial charge in [-0.2, -0.15) is 0 Å². The predicted octanol–water partition coefficient (Wildman–Crippen LogP) is 2.08. The first-order valence-corrected chi connectivity index (χ1v) is 8.70. The second-order valence-corrected chi connectivity index (χ2v) is 6.66. The van der Waals surface area contributed by atoms with Crippen LogP contribution >= 0.6 is 0 Å². The lowest BCUT2D eigenvalue weighted by atomic mass is 10.1. The monoisotopic (exact) mass is 370 g/mol. The molecule has 1 aliphatic rings. The van der Waals surface area contributed by atoms with Gasteiger partial charge in [0.15, 0.2) is 0 Å². The van der Waals surface area contributed by atoms with Crippen molar-refractivity contribution in [3.05, 3.63) is 52.5 Å². The molecule has 1 amide bonds. The summed E-state index contributed by atoms with van der Waals surface area (Å²) in [5.41, 5.74) is 0.683. The third kappa shape index (κ3) is 3.07. The van der Waals surface area contributed by atoms with Crippen molar-refractivity contribution in [3.8, 4) is 17.0 Å². The molecule has 0 bridgehead atoms. The number of amides is 1. The third-order valence-corrected chi connectivity index (χ3v) is 4.77. The third-order valence-electron chi connectivity index (χ3n) is 4.77. The summed E-state index contributed by atoms with van der Waals surface area (Å²) in [7, 11) is 2.96. The standard InChI is InChI=1S/C19H19FN4O3/c1-21-18(25)15-9-23-10-16(13-6-5-12(27-2)7-14(13)20)24(8-11-3-4-11)19(26)17(23)22-15/h5-7,9-11H,3-4,8H2,1-2H3,(H,21,25). The lowest BCUT2D eigenvalue weighted by Crippen LogP contribution is -2.25. The van der Waals surface area contributed by atoms with E-state index in [2.05, 4.69) is 10.3 Å². The molecule has 1 N–H and O–H groups in total. The normalized spacial score (nSPS) is 13.7. The molecule has 27 heavy (non-hydrogen) atoms. The van der Waals surface area contributed by atoms with E-state index in [0.717, 1.165) is 12.8 Å². The number of halogens is 1. The summed E-state index contributed by atoms with van der Waals surface area (Å²) in [5.74, 6) is -0.0650. The van der Waals surface area contributed by atoms with Crippen LogP contribution in [0.3, 0.4) is 0 Å². The summed E-state index contributed by atoms with van der Waals surface area (Å²) < 4.78 is 22.8. The molecule has 8 heteroatoms. The molecule has 1 fully saturated rings. The zero-order valence-electron chi connectivity index (χ0n) is 15.0. The minimum atomic E-state index is -0.482. The topological polar surface area (TPSA) is 77.6 Å². The van der Waals surface area contributed by atoms with Crippen LogP contribution in [0.4, 0.5) is 4.39 Å². The lowest BCUT2D eigenvalue weighted by Gasteiger charge is -2.14. The maximum Gasteiger partial charge on any atom is 0.294 e. The summed E-state index contributed by atoms with van der Waals surface area (Å²) in [4.78, 5) is 29.1. The molecule has 0 spiro atoms. The molecule has 1 aromatic carbocycles.